The molecular weight excluding hydrogens is 198 g/mol. The Morgan fingerprint density at radius 2 is 2.14 bits per heavy atom. The molecule has 0 fully saturated rings. The zero-order valence-electron chi connectivity index (χ0n) is 8.64. The smallest absolute Gasteiger partial charge is 0.140 e. The van der Waals surface area contributed by atoms with Crippen LogP contribution in [0.5, 0.6) is 5.75 Å². The van der Waals surface area contributed by atoms with Gasteiger partial charge in [0.1, 0.15) is 5.75 Å². The molecule has 0 aromatic heterocycles. The molecule has 2 nitrogen and oxygen atoms in total. The number of hydrogen-bond acceptors (Lipinski definition) is 2. The Hall–Kier alpha value is -0.730. The molecule has 0 heterocycles. The third-order valence-electron chi connectivity index (χ3n) is 2.01. The summed E-state index contributed by atoms with van der Waals surface area (Å²) in [5, 5.41) is 0.676. The lowest BCUT2D eigenvalue weighted by atomic mass is 10.1. The lowest BCUT2D eigenvalue weighted by Crippen LogP contribution is -2.03. The summed E-state index contributed by atoms with van der Waals surface area (Å²) < 4.78 is 5.44. The van der Waals surface area contributed by atoms with Crippen LogP contribution >= 0.6 is 11.6 Å². The molecule has 0 spiro atoms. The largest absolute Gasteiger partial charge is 0.492 e. The van der Waals surface area contributed by atoms with Gasteiger partial charge in [0.2, 0.25) is 0 Å². The van der Waals surface area contributed by atoms with Crippen LogP contribution in [0.4, 0.5) is 0 Å². The first-order valence-corrected chi connectivity index (χ1v) is 5.18. The summed E-state index contributed by atoms with van der Waals surface area (Å²) in [4.78, 5) is 0. The monoisotopic (exact) mass is 213 g/mol. The van der Waals surface area contributed by atoms with Gasteiger partial charge in [0.25, 0.3) is 0 Å². The van der Waals surface area contributed by atoms with Crippen molar-refractivity contribution in [3.63, 3.8) is 0 Å². The average molecular weight is 214 g/mol. The van der Waals surface area contributed by atoms with Gasteiger partial charge in [-0.2, -0.15) is 0 Å². The van der Waals surface area contributed by atoms with Crippen molar-refractivity contribution in [1.82, 2.24) is 0 Å². The topological polar surface area (TPSA) is 35.2 Å². The molecule has 0 atom stereocenters. The molecule has 0 aliphatic rings. The highest BCUT2D eigenvalue weighted by Crippen LogP contribution is 2.29. The van der Waals surface area contributed by atoms with Crippen molar-refractivity contribution in [2.75, 3.05) is 13.2 Å². The van der Waals surface area contributed by atoms with Crippen molar-refractivity contribution in [3.8, 4) is 5.75 Å². The van der Waals surface area contributed by atoms with E-state index in [1.807, 2.05) is 19.9 Å². The lowest BCUT2D eigenvalue weighted by molar-refractivity contribution is 0.338. The van der Waals surface area contributed by atoms with Crippen LogP contribution in [-0.2, 0) is 6.42 Å². The van der Waals surface area contributed by atoms with Crippen LogP contribution in [0, 0.1) is 6.92 Å². The standard InChI is InChI=1S/C11H16ClNO/c1-3-14-11-8(2)6-9(4-5-13)7-10(11)12/h6-7H,3-5,13H2,1-2H3. The summed E-state index contributed by atoms with van der Waals surface area (Å²) in [5.41, 5.74) is 7.72. The van der Waals surface area contributed by atoms with Crippen LogP contribution in [0.1, 0.15) is 18.1 Å². The predicted octanol–water partition coefficient (Wildman–Crippen LogP) is 2.55. The first-order valence-electron chi connectivity index (χ1n) is 4.81. The Kier molecular flexibility index (Phi) is 4.23. The van der Waals surface area contributed by atoms with E-state index in [0.717, 1.165) is 17.7 Å². The summed E-state index contributed by atoms with van der Waals surface area (Å²) in [7, 11) is 0. The van der Waals surface area contributed by atoms with E-state index in [2.05, 4.69) is 6.07 Å². The average Bonchev–Trinajstić information content (AvgIpc) is 2.12. The zero-order valence-corrected chi connectivity index (χ0v) is 9.40. The molecule has 1 aromatic rings. The molecule has 0 aliphatic heterocycles. The van der Waals surface area contributed by atoms with Gasteiger partial charge in [0.15, 0.2) is 0 Å². The van der Waals surface area contributed by atoms with E-state index < -0.39 is 0 Å². The fourth-order valence-corrected chi connectivity index (χ4v) is 1.78. The first kappa shape index (κ1) is 11.3. The second-order valence-electron chi connectivity index (χ2n) is 3.20. The SMILES string of the molecule is CCOc1c(C)cc(CCN)cc1Cl. The van der Waals surface area contributed by atoms with Crippen molar-refractivity contribution in [2.45, 2.75) is 20.3 Å². The molecule has 0 aliphatic carbocycles. The van der Waals surface area contributed by atoms with Gasteiger partial charge in [-0.3, -0.25) is 0 Å². The van der Waals surface area contributed by atoms with E-state index in [1.54, 1.807) is 0 Å². The van der Waals surface area contributed by atoms with Gasteiger partial charge in [-0.05, 0) is 44.0 Å². The number of aryl methyl sites for hydroxylation is 1. The summed E-state index contributed by atoms with van der Waals surface area (Å²) in [6, 6.07) is 4.00. The van der Waals surface area contributed by atoms with Crippen LogP contribution in [0.25, 0.3) is 0 Å². The number of halogens is 1. The van der Waals surface area contributed by atoms with Crippen LogP contribution in [0.15, 0.2) is 12.1 Å². The maximum absolute atomic E-state index is 6.08. The molecule has 1 rings (SSSR count). The Morgan fingerprint density at radius 3 is 2.64 bits per heavy atom. The third-order valence-corrected chi connectivity index (χ3v) is 2.29. The number of rotatable bonds is 4. The van der Waals surface area contributed by atoms with Crippen LogP contribution in [0.3, 0.4) is 0 Å². The predicted molar refractivity (Wildman–Crippen MR) is 60.1 cm³/mol. The van der Waals surface area contributed by atoms with Gasteiger partial charge in [-0.15, -0.1) is 0 Å². The number of hydrogen-bond donors (Lipinski definition) is 1. The van der Waals surface area contributed by atoms with Crippen LogP contribution < -0.4 is 10.5 Å². The Balaban J connectivity index is 2.98. The van der Waals surface area contributed by atoms with Gasteiger partial charge in [-0.1, -0.05) is 17.7 Å². The summed E-state index contributed by atoms with van der Waals surface area (Å²) >= 11 is 6.08. The highest BCUT2D eigenvalue weighted by Gasteiger charge is 2.06. The van der Waals surface area contributed by atoms with Crippen molar-refractivity contribution in [1.29, 1.82) is 0 Å². The van der Waals surface area contributed by atoms with Gasteiger partial charge in [-0.25, -0.2) is 0 Å². The fraction of sp³-hybridized carbons (Fsp3) is 0.455. The highest BCUT2D eigenvalue weighted by atomic mass is 35.5. The van der Waals surface area contributed by atoms with Gasteiger partial charge in [0, 0.05) is 0 Å². The number of ether oxygens (including phenoxy) is 1. The molecule has 0 unspecified atom stereocenters. The van der Waals surface area contributed by atoms with Gasteiger partial charge in [0.05, 0.1) is 11.6 Å². The van der Waals surface area contributed by atoms with Crippen LogP contribution in [0.2, 0.25) is 5.02 Å². The molecule has 1 aromatic carbocycles. The van der Waals surface area contributed by atoms with Gasteiger partial charge >= 0.3 is 0 Å². The molecule has 14 heavy (non-hydrogen) atoms. The molecule has 0 amide bonds. The molecule has 0 saturated heterocycles. The Labute approximate surface area is 90.0 Å². The minimum atomic E-state index is 0.636. The summed E-state index contributed by atoms with van der Waals surface area (Å²) in [6.45, 7) is 5.22. The quantitative estimate of drug-likeness (QED) is 0.835. The van der Waals surface area contributed by atoms with E-state index in [1.165, 1.54) is 5.56 Å². The molecule has 0 bridgehead atoms. The molecule has 78 valence electrons. The molecule has 0 radical (unpaired) electrons. The van der Waals surface area contributed by atoms with Gasteiger partial charge < -0.3 is 10.5 Å². The maximum Gasteiger partial charge on any atom is 0.140 e. The van der Waals surface area contributed by atoms with Crippen molar-refractivity contribution in [2.24, 2.45) is 5.73 Å². The zero-order chi connectivity index (χ0) is 10.6. The van der Waals surface area contributed by atoms with E-state index in [4.69, 9.17) is 22.1 Å². The van der Waals surface area contributed by atoms with Crippen molar-refractivity contribution >= 4 is 11.6 Å². The molecule has 0 saturated carbocycles. The summed E-state index contributed by atoms with van der Waals surface area (Å²) in [6.07, 6.45) is 0.854. The minimum Gasteiger partial charge on any atom is -0.492 e. The minimum absolute atomic E-state index is 0.636. The van der Waals surface area contributed by atoms with E-state index in [0.29, 0.717) is 18.2 Å². The molecular formula is C11H16ClNO. The third kappa shape index (κ3) is 2.63. The maximum atomic E-state index is 6.08. The van der Waals surface area contributed by atoms with E-state index >= 15 is 0 Å². The molecule has 2 N–H and O–H groups in total. The van der Waals surface area contributed by atoms with Crippen molar-refractivity contribution < 1.29 is 4.74 Å². The summed E-state index contributed by atoms with van der Waals surface area (Å²) in [5.74, 6) is 0.787. The van der Waals surface area contributed by atoms with Crippen molar-refractivity contribution in [3.05, 3.63) is 28.3 Å². The fourth-order valence-electron chi connectivity index (χ4n) is 1.44. The number of nitrogens with two attached hydrogens (primary N) is 1. The number of benzene rings is 1. The second-order valence-corrected chi connectivity index (χ2v) is 3.60. The normalized spacial score (nSPS) is 10.3. The Bertz CT molecular complexity index is 289. The van der Waals surface area contributed by atoms with E-state index in [9.17, 15) is 0 Å². The van der Waals surface area contributed by atoms with Crippen LogP contribution in [-0.4, -0.2) is 13.2 Å². The van der Waals surface area contributed by atoms with E-state index in [-0.39, 0.29) is 0 Å². The Morgan fingerprint density at radius 1 is 1.43 bits per heavy atom. The molecule has 3 heteroatoms. The second kappa shape index (κ2) is 5.23. The first-order chi connectivity index (χ1) is 6.69. The lowest BCUT2D eigenvalue weighted by Gasteiger charge is -2.11. The highest BCUT2D eigenvalue weighted by molar-refractivity contribution is 6.32.